The highest BCUT2D eigenvalue weighted by atomic mass is 31.2. The SMILES string of the molecule is CC/C=C\C/C=C\C/C=C\CCCCCCCC(=O)O[C@H](COC(=O)CCCCCCCC(=O)/C=C/C=C\CCCCC)COP(=O)(O)OC[C@@H](O)CO. The molecule has 0 aliphatic rings. The highest BCUT2D eigenvalue weighted by molar-refractivity contribution is 7.47. The van der Waals surface area contributed by atoms with E-state index in [2.05, 4.69) is 60.9 Å². The molecule has 0 spiro atoms. The maximum Gasteiger partial charge on any atom is 0.472 e. The normalized spacial score (nSPS) is 14.5. The Kier molecular flexibility index (Phi) is 35.4. The molecule has 0 bridgehead atoms. The molecule has 310 valence electrons. The topological polar surface area (TPSA) is 166 Å². The van der Waals surface area contributed by atoms with E-state index >= 15 is 0 Å². The number of hydrogen-bond acceptors (Lipinski definition) is 10. The first-order chi connectivity index (χ1) is 26.1. The van der Waals surface area contributed by atoms with Crippen molar-refractivity contribution in [1.29, 1.82) is 0 Å². The molecule has 3 atom stereocenters. The van der Waals surface area contributed by atoms with Crippen LogP contribution in [0, 0.1) is 0 Å². The molecule has 0 aliphatic heterocycles. The molecule has 1 unspecified atom stereocenters. The van der Waals surface area contributed by atoms with Gasteiger partial charge < -0.3 is 24.6 Å². The number of carbonyl (C=O) groups excluding carboxylic acids is 3. The lowest BCUT2D eigenvalue weighted by atomic mass is 10.1. The summed E-state index contributed by atoms with van der Waals surface area (Å²) in [5.41, 5.74) is 0. The number of phosphoric acid groups is 1. The van der Waals surface area contributed by atoms with Gasteiger partial charge in [-0.15, -0.1) is 0 Å². The summed E-state index contributed by atoms with van der Waals surface area (Å²) in [6.07, 6.45) is 35.8. The van der Waals surface area contributed by atoms with Crippen molar-refractivity contribution in [2.24, 2.45) is 0 Å². The van der Waals surface area contributed by atoms with Gasteiger partial charge in [0.1, 0.15) is 12.7 Å². The number of allylic oxidation sites excluding steroid dienone is 10. The van der Waals surface area contributed by atoms with E-state index in [9.17, 15) is 28.9 Å². The minimum atomic E-state index is -4.65. The Labute approximate surface area is 325 Å². The van der Waals surface area contributed by atoms with E-state index in [1.54, 1.807) is 12.2 Å². The van der Waals surface area contributed by atoms with Gasteiger partial charge in [0.15, 0.2) is 11.9 Å². The van der Waals surface area contributed by atoms with Crippen LogP contribution in [0.25, 0.3) is 0 Å². The molecular weight excluding hydrogens is 711 g/mol. The molecule has 0 aliphatic carbocycles. The largest absolute Gasteiger partial charge is 0.472 e. The predicted octanol–water partition coefficient (Wildman–Crippen LogP) is 9.51. The van der Waals surface area contributed by atoms with E-state index in [0.29, 0.717) is 19.3 Å². The van der Waals surface area contributed by atoms with Gasteiger partial charge in [-0.1, -0.05) is 120 Å². The molecule has 0 radical (unpaired) electrons. The Morgan fingerprint density at radius 3 is 1.85 bits per heavy atom. The molecule has 0 fully saturated rings. The molecule has 0 heterocycles. The van der Waals surface area contributed by atoms with Crippen LogP contribution in [0.1, 0.15) is 149 Å². The van der Waals surface area contributed by atoms with Gasteiger partial charge in [0, 0.05) is 19.3 Å². The first-order valence-corrected chi connectivity index (χ1v) is 21.7. The van der Waals surface area contributed by atoms with E-state index in [-0.39, 0.29) is 25.2 Å². The van der Waals surface area contributed by atoms with Crippen LogP contribution in [0.5, 0.6) is 0 Å². The Morgan fingerprint density at radius 2 is 1.19 bits per heavy atom. The first-order valence-electron chi connectivity index (χ1n) is 20.2. The summed E-state index contributed by atoms with van der Waals surface area (Å²) in [6.45, 7) is 2.03. The lowest BCUT2D eigenvalue weighted by Gasteiger charge is -2.20. The van der Waals surface area contributed by atoms with Crippen molar-refractivity contribution in [3.63, 3.8) is 0 Å². The third kappa shape index (κ3) is 36.3. The molecule has 3 N–H and O–H groups in total. The molecule has 54 heavy (non-hydrogen) atoms. The van der Waals surface area contributed by atoms with Gasteiger partial charge in [0.2, 0.25) is 0 Å². The van der Waals surface area contributed by atoms with Crippen LogP contribution in [-0.4, -0.2) is 71.5 Å². The maximum atomic E-state index is 12.6. The van der Waals surface area contributed by atoms with Gasteiger partial charge in [-0.3, -0.25) is 23.4 Å². The molecule has 0 aromatic carbocycles. The van der Waals surface area contributed by atoms with E-state index in [4.69, 9.17) is 19.1 Å². The van der Waals surface area contributed by atoms with Gasteiger partial charge >= 0.3 is 19.8 Å². The monoisotopic (exact) mass is 782 g/mol. The average Bonchev–Trinajstić information content (AvgIpc) is 3.15. The zero-order chi connectivity index (χ0) is 40.0. The van der Waals surface area contributed by atoms with E-state index < -0.39 is 51.8 Å². The maximum absolute atomic E-state index is 12.6. The second kappa shape index (κ2) is 37.3. The van der Waals surface area contributed by atoms with Crippen molar-refractivity contribution < 1.29 is 52.6 Å². The average molecular weight is 783 g/mol. The Hall–Kier alpha value is -2.66. The summed E-state index contributed by atoms with van der Waals surface area (Å²) in [7, 11) is -4.65. The van der Waals surface area contributed by atoms with Gasteiger partial charge in [-0.25, -0.2) is 4.57 Å². The first kappa shape index (κ1) is 51.3. The minimum absolute atomic E-state index is 0.104. The zero-order valence-corrected chi connectivity index (χ0v) is 34.1. The fourth-order valence-corrected chi connectivity index (χ4v) is 5.78. The molecule has 0 saturated heterocycles. The zero-order valence-electron chi connectivity index (χ0n) is 33.2. The van der Waals surface area contributed by atoms with Gasteiger partial charge in [-0.2, -0.15) is 0 Å². The second-order valence-electron chi connectivity index (χ2n) is 13.3. The van der Waals surface area contributed by atoms with Crippen LogP contribution in [0.2, 0.25) is 0 Å². The van der Waals surface area contributed by atoms with Crippen LogP contribution < -0.4 is 0 Å². The van der Waals surface area contributed by atoms with Crippen molar-refractivity contribution in [2.75, 3.05) is 26.4 Å². The molecular formula is C42H71O11P. The third-order valence-electron chi connectivity index (χ3n) is 8.13. The second-order valence-corrected chi connectivity index (χ2v) is 14.8. The third-order valence-corrected chi connectivity index (χ3v) is 9.08. The summed E-state index contributed by atoms with van der Waals surface area (Å²) in [6, 6.07) is 0. The Balaban J connectivity index is 4.46. The number of ether oxygens (including phenoxy) is 2. The summed E-state index contributed by atoms with van der Waals surface area (Å²) in [5.74, 6) is -0.939. The molecule has 11 nitrogen and oxygen atoms in total. The van der Waals surface area contributed by atoms with Crippen LogP contribution in [0.15, 0.2) is 60.8 Å². The smallest absolute Gasteiger partial charge is 0.462 e. The van der Waals surface area contributed by atoms with Crippen molar-refractivity contribution >= 4 is 25.5 Å². The molecule has 0 saturated carbocycles. The quantitative estimate of drug-likeness (QED) is 0.0137. The number of unbranched alkanes of at least 4 members (excludes halogenated alkanes) is 12. The van der Waals surface area contributed by atoms with Gasteiger partial charge in [0.05, 0.1) is 19.8 Å². The van der Waals surface area contributed by atoms with Crippen molar-refractivity contribution in [3.05, 3.63) is 60.8 Å². The fourth-order valence-electron chi connectivity index (χ4n) is 4.99. The van der Waals surface area contributed by atoms with Crippen molar-refractivity contribution in [3.8, 4) is 0 Å². The number of phosphoric ester groups is 1. The van der Waals surface area contributed by atoms with E-state index in [0.717, 1.165) is 83.5 Å². The van der Waals surface area contributed by atoms with E-state index in [1.807, 2.05) is 6.08 Å². The van der Waals surface area contributed by atoms with Gasteiger partial charge in [0.25, 0.3) is 0 Å². The number of esters is 2. The Bertz CT molecular complexity index is 1150. The van der Waals surface area contributed by atoms with Crippen LogP contribution in [0.4, 0.5) is 0 Å². The van der Waals surface area contributed by atoms with Crippen LogP contribution >= 0.6 is 7.82 Å². The van der Waals surface area contributed by atoms with Crippen molar-refractivity contribution in [2.45, 2.75) is 161 Å². The summed E-state index contributed by atoms with van der Waals surface area (Å²) in [4.78, 5) is 46.9. The van der Waals surface area contributed by atoms with Gasteiger partial charge in [-0.05, 0) is 70.3 Å². The van der Waals surface area contributed by atoms with E-state index in [1.165, 1.54) is 19.3 Å². The molecule has 0 amide bonds. The fraction of sp³-hybridized carbons (Fsp3) is 0.690. The highest BCUT2D eigenvalue weighted by Crippen LogP contribution is 2.43. The minimum Gasteiger partial charge on any atom is -0.462 e. The molecule has 12 heteroatoms. The standard InChI is InChI=1S/C42H71O11P/c1-3-5-7-9-11-12-13-14-15-16-17-18-20-24-29-33-42(47)53-40(37-52-54(48,49)51-35-39(45)34-43)36-50-41(46)32-28-25-21-23-27-31-38(44)30-26-22-19-10-8-6-4-2/h5,7,11-12,14-15,19,22,26,30,39-40,43,45H,3-4,6,8-10,13,16-18,20-21,23-25,27-29,31-37H2,1-2H3,(H,48,49)/b7-5-,12-11-,15-14-,22-19-,30-26+/t39-,40+/m0/s1. The summed E-state index contributed by atoms with van der Waals surface area (Å²) < 4.78 is 32.5. The number of hydrogen-bond donors (Lipinski definition) is 3. The number of carbonyl (C=O) groups is 3. The van der Waals surface area contributed by atoms with Crippen molar-refractivity contribution in [1.82, 2.24) is 0 Å². The lowest BCUT2D eigenvalue weighted by molar-refractivity contribution is -0.161. The number of rotatable bonds is 37. The number of aliphatic hydroxyl groups is 2. The number of ketones is 1. The number of aliphatic hydroxyl groups excluding tert-OH is 2. The lowest BCUT2D eigenvalue weighted by Crippen LogP contribution is -2.29. The molecule has 0 aromatic heterocycles. The summed E-state index contributed by atoms with van der Waals surface area (Å²) in [5, 5.41) is 18.3. The van der Waals surface area contributed by atoms with Crippen LogP contribution in [0.3, 0.4) is 0 Å². The molecule has 0 rings (SSSR count). The summed E-state index contributed by atoms with van der Waals surface area (Å²) >= 11 is 0. The highest BCUT2D eigenvalue weighted by Gasteiger charge is 2.27. The predicted molar refractivity (Wildman–Crippen MR) is 215 cm³/mol. The van der Waals surface area contributed by atoms with Crippen LogP contribution in [-0.2, 0) is 37.5 Å². The Morgan fingerprint density at radius 1 is 0.630 bits per heavy atom. The molecule has 0 aromatic rings.